The van der Waals surface area contributed by atoms with E-state index in [-0.39, 0.29) is 5.82 Å². The SMILES string of the molecule is FC(F)c1nc(-c2cccs2)no1. The molecule has 0 saturated carbocycles. The van der Waals surface area contributed by atoms with E-state index in [1.165, 1.54) is 11.3 Å². The molecule has 0 aliphatic heterocycles. The van der Waals surface area contributed by atoms with Gasteiger partial charge < -0.3 is 4.52 Å². The summed E-state index contributed by atoms with van der Waals surface area (Å²) in [4.78, 5) is 4.25. The first-order valence-electron chi connectivity index (χ1n) is 3.43. The van der Waals surface area contributed by atoms with Crippen molar-refractivity contribution in [2.45, 2.75) is 6.43 Å². The van der Waals surface area contributed by atoms with Crippen molar-refractivity contribution in [2.75, 3.05) is 0 Å². The van der Waals surface area contributed by atoms with Crippen LogP contribution in [-0.4, -0.2) is 10.1 Å². The Morgan fingerprint density at radius 1 is 1.46 bits per heavy atom. The van der Waals surface area contributed by atoms with Crippen LogP contribution in [0, 0.1) is 0 Å². The zero-order chi connectivity index (χ0) is 9.26. The van der Waals surface area contributed by atoms with Crippen LogP contribution in [0.2, 0.25) is 0 Å². The van der Waals surface area contributed by atoms with Gasteiger partial charge in [0.05, 0.1) is 4.88 Å². The third-order valence-corrected chi connectivity index (χ3v) is 2.24. The fourth-order valence-corrected chi connectivity index (χ4v) is 1.48. The second kappa shape index (κ2) is 3.21. The third-order valence-electron chi connectivity index (χ3n) is 1.37. The number of thiophene rings is 1. The second-order valence-electron chi connectivity index (χ2n) is 2.23. The summed E-state index contributed by atoms with van der Waals surface area (Å²) in [6.45, 7) is 0. The molecule has 0 spiro atoms. The van der Waals surface area contributed by atoms with Crippen LogP contribution in [0.5, 0.6) is 0 Å². The molecule has 0 aliphatic rings. The highest BCUT2D eigenvalue weighted by atomic mass is 32.1. The molecule has 0 unspecified atom stereocenters. The molecular formula is C7H4F2N2OS. The van der Waals surface area contributed by atoms with Gasteiger partial charge in [-0.15, -0.1) is 11.3 Å². The number of halogens is 2. The Morgan fingerprint density at radius 3 is 2.85 bits per heavy atom. The summed E-state index contributed by atoms with van der Waals surface area (Å²) in [5.41, 5.74) is 0. The maximum atomic E-state index is 12.0. The molecule has 0 atom stereocenters. The summed E-state index contributed by atoms with van der Waals surface area (Å²) >= 11 is 1.37. The van der Waals surface area contributed by atoms with Crippen LogP contribution in [-0.2, 0) is 0 Å². The van der Waals surface area contributed by atoms with Crippen molar-refractivity contribution in [2.24, 2.45) is 0 Å². The fraction of sp³-hybridized carbons (Fsp3) is 0.143. The summed E-state index contributed by atoms with van der Waals surface area (Å²) in [6, 6.07) is 3.53. The van der Waals surface area contributed by atoms with Crippen LogP contribution in [0.3, 0.4) is 0 Å². The molecule has 6 heteroatoms. The molecule has 2 heterocycles. The van der Waals surface area contributed by atoms with Gasteiger partial charge in [-0.2, -0.15) is 13.8 Å². The van der Waals surface area contributed by atoms with Gasteiger partial charge in [-0.25, -0.2) is 0 Å². The number of alkyl halides is 2. The van der Waals surface area contributed by atoms with E-state index in [9.17, 15) is 8.78 Å². The van der Waals surface area contributed by atoms with Crippen LogP contribution < -0.4 is 0 Å². The Balaban J connectivity index is 2.33. The lowest BCUT2D eigenvalue weighted by Gasteiger charge is -1.84. The Hall–Kier alpha value is -1.30. The minimum atomic E-state index is -2.71. The molecule has 0 N–H and O–H groups in total. The fourth-order valence-electron chi connectivity index (χ4n) is 0.830. The molecule has 0 saturated heterocycles. The molecule has 0 bridgehead atoms. The quantitative estimate of drug-likeness (QED) is 0.751. The van der Waals surface area contributed by atoms with Crippen molar-refractivity contribution in [1.29, 1.82) is 0 Å². The Morgan fingerprint density at radius 2 is 2.31 bits per heavy atom. The molecule has 0 fully saturated rings. The van der Waals surface area contributed by atoms with Crippen LogP contribution in [0.25, 0.3) is 10.7 Å². The van der Waals surface area contributed by atoms with E-state index < -0.39 is 12.3 Å². The van der Waals surface area contributed by atoms with Crippen molar-refractivity contribution in [3.63, 3.8) is 0 Å². The summed E-state index contributed by atoms with van der Waals surface area (Å²) in [6.07, 6.45) is -2.71. The first-order valence-corrected chi connectivity index (χ1v) is 4.31. The number of rotatable bonds is 2. The Kier molecular flexibility index (Phi) is 2.05. The average Bonchev–Trinajstić information content (AvgIpc) is 2.75. The molecular weight excluding hydrogens is 198 g/mol. The molecule has 3 nitrogen and oxygen atoms in total. The molecule has 2 aromatic heterocycles. The minimum absolute atomic E-state index is 0.213. The van der Waals surface area contributed by atoms with Crippen LogP contribution in [0.4, 0.5) is 8.78 Å². The van der Waals surface area contributed by atoms with Gasteiger partial charge in [0.15, 0.2) is 0 Å². The van der Waals surface area contributed by atoms with Crippen molar-refractivity contribution in [3.8, 4) is 10.7 Å². The van der Waals surface area contributed by atoms with Gasteiger partial charge in [-0.05, 0) is 11.4 Å². The first kappa shape index (κ1) is 8.31. The highest BCUT2D eigenvalue weighted by molar-refractivity contribution is 7.13. The van der Waals surface area contributed by atoms with Crippen molar-refractivity contribution in [3.05, 3.63) is 23.4 Å². The standard InChI is InChI=1S/C7H4F2N2OS/c8-5(9)7-10-6(11-12-7)4-2-1-3-13-4/h1-3,5H. The molecule has 13 heavy (non-hydrogen) atoms. The van der Waals surface area contributed by atoms with Gasteiger partial charge in [-0.1, -0.05) is 11.2 Å². The molecule has 2 rings (SSSR count). The summed E-state index contributed by atoms with van der Waals surface area (Å²) in [5, 5.41) is 5.24. The first-order chi connectivity index (χ1) is 6.27. The second-order valence-corrected chi connectivity index (χ2v) is 3.18. The highest BCUT2D eigenvalue weighted by Gasteiger charge is 2.17. The maximum absolute atomic E-state index is 12.0. The molecule has 0 aromatic carbocycles. The monoisotopic (exact) mass is 202 g/mol. The molecule has 2 aromatic rings. The van der Waals surface area contributed by atoms with Gasteiger partial charge in [0.1, 0.15) is 0 Å². The van der Waals surface area contributed by atoms with Crippen molar-refractivity contribution in [1.82, 2.24) is 10.1 Å². The molecule has 0 radical (unpaired) electrons. The van der Waals surface area contributed by atoms with Gasteiger partial charge in [0.25, 0.3) is 5.89 Å². The summed E-state index contributed by atoms with van der Waals surface area (Å²) < 4.78 is 28.4. The minimum Gasteiger partial charge on any atom is -0.333 e. The maximum Gasteiger partial charge on any atom is 0.315 e. The van der Waals surface area contributed by atoms with E-state index in [1.807, 2.05) is 5.38 Å². The number of nitrogens with zero attached hydrogens (tertiary/aromatic N) is 2. The number of hydrogen-bond donors (Lipinski definition) is 0. The van der Waals surface area contributed by atoms with Gasteiger partial charge >= 0.3 is 6.43 Å². The molecule has 0 amide bonds. The van der Waals surface area contributed by atoms with Crippen LogP contribution >= 0.6 is 11.3 Å². The Bertz CT molecular complexity index is 385. The summed E-state index contributed by atoms with van der Waals surface area (Å²) in [5.74, 6) is -0.422. The zero-order valence-corrected chi connectivity index (χ0v) is 7.09. The van der Waals surface area contributed by atoms with Gasteiger partial charge in [-0.3, -0.25) is 0 Å². The third kappa shape index (κ3) is 1.57. The van der Waals surface area contributed by atoms with Crippen molar-refractivity contribution < 1.29 is 13.3 Å². The van der Waals surface area contributed by atoms with Crippen LogP contribution in [0.1, 0.15) is 12.3 Å². The van der Waals surface area contributed by atoms with Gasteiger partial charge in [0, 0.05) is 0 Å². The molecule has 68 valence electrons. The van der Waals surface area contributed by atoms with Gasteiger partial charge in [0.2, 0.25) is 5.82 Å². The van der Waals surface area contributed by atoms with E-state index in [4.69, 9.17) is 0 Å². The topological polar surface area (TPSA) is 38.9 Å². The van der Waals surface area contributed by atoms with Crippen LogP contribution in [0.15, 0.2) is 22.0 Å². The molecule has 0 aliphatic carbocycles. The normalized spacial score (nSPS) is 11.0. The smallest absolute Gasteiger partial charge is 0.315 e. The lowest BCUT2D eigenvalue weighted by atomic mass is 10.4. The van der Waals surface area contributed by atoms with E-state index in [0.717, 1.165) is 4.88 Å². The average molecular weight is 202 g/mol. The van der Waals surface area contributed by atoms with Crippen molar-refractivity contribution >= 4 is 11.3 Å². The van der Waals surface area contributed by atoms with E-state index >= 15 is 0 Å². The Labute approximate surface area is 76.0 Å². The lowest BCUT2D eigenvalue weighted by molar-refractivity contribution is 0.106. The number of aromatic nitrogens is 2. The zero-order valence-electron chi connectivity index (χ0n) is 6.28. The van der Waals surface area contributed by atoms with E-state index in [2.05, 4.69) is 14.7 Å². The largest absolute Gasteiger partial charge is 0.333 e. The predicted octanol–water partition coefficient (Wildman–Crippen LogP) is 2.74. The highest BCUT2D eigenvalue weighted by Crippen LogP contribution is 2.24. The summed E-state index contributed by atoms with van der Waals surface area (Å²) in [7, 11) is 0. The number of hydrogen-bond acceptors (Lipinski definition) is 4. The predicted molar refractivity (Wildman–Crippen MR) is 42.6 cm³/mol. The van der Waals surface area contributed by atoms with E-state index in [0.29, 0.717) is 0 Å². The van der Waals surface area contributed by atoms with E-state index in [1.54, 1.807) is 12.1 Å². The lowest BCUT2D eigenvalue weighted by Crippen LogP contribution is -1.82.